The number of benzene rings is 1. The number of carbonyl (C=O) groups excluding carboxylic acids is 2. The fourth-order valence-electron chi connectivity index (χ4n) is 2.98. The fraction of sp³-hybridized carbons (Fsp3) is 0.429. The summed E-state index contributed by atoms with van der Waals surface area (Å²) in [6.45, 7) is 7.09. The lowest BCUT2D eigenvalue weighted by Crippen LogP contribution is -2.23. The molecule has 2 N–H and O–H groups in total. The van der Waals surface area contributed by atoms with Crippen LogP contribution in [-0.2, 0) is 17.8 Å². The number of aromatic nitrogens is 2. The highest BCUT2D eigenvalue weighted by atomic mass is 16.2. The number of hydrogen-bond donors (Lipinski definition) is 2. The van der Waals surface area contributed by atoms with Gasteiger partial charge in [-0.25, -0.2) is 0 Å². The minimum absolute atomic E-state index is 0.0910. The van der Waals surface area contributed by atoms with E-state index in [2.05, 4.69) is 21.8 Å². The summed E-state index contributed by atoms with van der Waals surface area (Å²) in [4.78, 5) is 24.2. The van der Waals surface area contributed by atoms with Gasteiger partial charge in [0.1, 0.15) is 0 Å². The van der Waals surface area contributed by atoms with Crippen molar-refractivity contribution in [3.8, 4) is 6.07 Å². The zero-order valence-corrected chi connectivity index (χ0v) is 16.7. The van der Waals surface area contributed by atoms with Crippen molar-refractivity contribution in [1.82, 2.24) is 15.1 Å². The van der Waals surface area contributed by atoms with E-state index in [-0.39, 0.29) is 11.8 Å². The lowest BCUT2D eigenvalue weighted by molar-refractivity contribution is -0.116. The SMILES string of the molecule is CCCNC(=O)c1ccc(NC(=O)CCc2c(C)nn(CCC#N)c2C)cc1. The summed E-state index contributed by atoms with van der Waals surface area (Å²) in [5.41, 5.74) is 4.18. The molecule has 0 bridgehead atoms. The van der Waals surface area contributed by atoms with Crippen molar-refractivity contribution in [2.45, 2.75) is 53.0 Å². The monoisotopic (exact) mass is 381 g/mol. The second kappa shape index (κ2) is 10.3. The highest BCUT2D eigenvalue weighted by Gasteiger charge is 2.13. The molecule has 0 aliphatic heterocycles. The van der Waals surface area contributed by atoms with E-state index in [4.69, 9.17) is 5.26 Å². The zero-order chi connectivity index (χ0) is 20.5. The maximum Gasteiger partial charge on any atom is 0.251 e. The Labute approximate surface area is 165 Å². The van der Waals surface area contributed by atoms with Gasteiger partial charge in [-0.2, -0.15) is 10.4 Å². The van der Waals surface area contributed by atoms with Crippen LogP contribution < -0.4 is 10.6 Å². The van der Waals surface area contributed by atoms with Gasteiger partial charge in [-0.1, -0.05) is 6.92 Å². The van der Waals surface area contributed by atoms with Crippen LogP contribution in [0.1, 0.15) is 53.5 Å². The highest BCUT2D eigenvalue weighted by Crippen LogP contribution is 2.16. The number of hydrogen-bond acceptors (Lipinski definition) is 4. The zero-order valence-electron chi connectivity index (χ0n) is 16.7. The Morgan fingerprint density at radius 1 is 1.21 bits per heavy atom. The summed E-state index contributed by atoms with van der Waals surface area (Å²) in [5, 5.41) is 18.9. The van der Waals surface area contributed by atoms with Crippen molar-refractivity contribution in [2.24, 2.45) is 0 Å². The Bertz CT molecular complexity index is 862. The van der Waals surface area contributed by atoms with Crippen molar-refractivity contribution in [1.29, 1.82) is 5.26 Å². The second-order valence-corrected chi connectivity index (χ2v) is 6.66. The number of nitriles is 1. The quantitative estimate of drug-likeness (QED) is 0.697. The summed E-state index contributed by atoms with van der Waals surface area (Å²) >= 11 is 0. The standard InChI is InChI=1S/C21H27N5O2/c1-4-13-23-21(28)17-6-8-18(9-7-17)24-20(27)11-10-19-15(2)25-26(16(19)3)14-5-12-22/h6-9H,4-5,10-11,13-14H2,1-3H3,(H,23,28)(H,24,27). The molecular formula is C21H27N5O2. The van der Waals surface area contributed by atoms with E-state index in [1.807, 2.05) is 25.5 Å². The van der Waals surface area contributed by atoms with Crippen molar-refractivity contribution in [2.75, 3.05) is 11.9 Å². The molecule has 1 aromatic heterocycles. The predicted molar refractivity (Wildman–Crippen MR) is 108 cm³/mol. The Kier molecular flexibility index (Phi) is 7.76. The number of carbonyl (C=O) groups is 2. The summed E-state index contributed by atoms with van der Waals surface area (Å²) in [6.07, 6.45) is 2.22. The molecule has 148 valence electrons. The van der Waals surface area contributed by atoms with E-state index in [0.717, 1.165) is 23.4 Å². The second-order valence-electron chi connectivity index (χ2n) is 6.66. The van der Waals surface area contributed by atoms with E-state index < -0.39 is 0 Å². The van der Waals surface area contributed by atoms with Crippen molar-refractivity contribution < 1.29 is 9.59 Å². The third-order valence-corrected chi connectivity index (χ3v) is 4.54. The first-order valence-corrected chi connectivity index (χ1v) is 9.54. The topological polar surface area (TPSA) is 99.8 Å². The molecule has 0 radical (unpaired) electrons. The molecule has 7 heteroatoms. The molecule has 7 nitrogen and oxygen atoms in total. The number of amides is 2. The van der Waals surface area contributed by atoms with Gasteiger partial charge in [0, 0.05) is 29.9 Å². The Balaban J connectivity index is 1.90. The van der Waals surface area contributed by atoms with Crippen molar-refractivity contribution >= 4 is 17.5 Å². The van der Waals surface area contributed by atoms with E-state index in [1.54, 1.807) is 24.3 Å². The van der Waals surface area contributed by atoms with Crippen LogP contribution >= 0.6 is 0 Å². The largest absolute Gasteiger partial charge is 0.352 e. The normalized spacial score (nSPS) is 10.4. The van der Waals surface area contributed by atoms with Crippen LogP contribution in [0.25, 0.3) is 0 Å². The molecule has 2 aromatic rings. The molecule has 1 aromatic carbocycles. The molecule has 0 unspecified atom stereocenters. The third kappa shape index (κ3) is 5.68. The first-order chi connectivity index (χ1) is 13.5. The molecule has 1 heterocycles. The van der Waals surface area contributed by atoms with E-state index in [0.29, 0.717) is 43.6 Å². The molecular weight excluding hydrogens is 354 g/mol. The summed E-state index contributed by atoms with van der Waals surface area (Å²) in [5.74, 6) is -0.203. The third-order valence-electron chi connectivity index (χ3n) is 4.54. The molecule has 2 rings (SSSR count). The van der Waals surface area contributed by atoms with Crippen molar-refractivity contribution in [3.05, 3.63) is 46.8 Å². The molecule has 0 spiro atoms. The number of nitrogens with zero attached hydrogens (tertiary/aromatic N) is 3. The van der Waals surface area contributed by atoms with Crippen LogP contribution in [0.3, 0.4) is 0 Å². The van der Waals surface area contributed by atoms with E-state index in [1.165, 1.54) is 0 Å². The smallest absolute Gasteiger partial charge is 0.251 e. The predicted octanol–water partition coefficient (Wildman–Crippen LogP) is 3.12. The summed E-state index contributed by atoms with van der Waals surface area (Å²) in [7, 11) is 0. The highest BCUT2D eigenvalue weighted by molar-refractivity contribution is 5.95. The Morgan fingerprint density at radius 3 is 2.57 bits per heavy atom. The van der Waals surface area contributed by atoms with Crippen LogP contribution in [-0.4, -0.2) is 28.1 Å². The number of nitrogens with one attached hydrogen (secondary N) is 2. The fourth-order valence-corrected chi connectivity index (χ4v) is 2.98. The van der Waals surface area contributed by atoms with Gasteiger partial charge in [0.15, 0.2) is 0 Å². The number of rotatable bonds is 9. The number of anilines is 1. The summed E-state index contributed by atoms with van der Waals surface area (Å²) < 4.78 is 1.83. The van der Waals surface area contributed by atoms with Gasteiger partial charge < -0.3 is 10.6 Å². The maximum absolute atomic E-state index is 12.3. The van der Waals surface area contributed by atoms with Crippen LogP contribution in [0.15, 0.2) is 24.3 Å². The average molecular weight is 381 g/mol. The molecule has 28 heavy (non-hydrogen) atoms. The number of aryl methyl sites for hydroxylation is 2. The van der Waals surface area contributed by atoms with Gasteiger partial charge >= 0.3 is 0 Å². The van der Waals surface area contributed by atoms with Gasteiger partial charge in [0.05, 0.1) is 24.7 Å². The average Bonchev–Trinajstić information content (AvgIpc) is 2.96. The molecule has 0 saturated heterocycles. The molecule has 0 aliphatic rings. The van der Waals surface area contributed by atoms with Crippen LogP contribution in [0.5, 0.6) is 0 Å². The van der Waals surface area contributed by atoms with Gasteiger partial charge in [-0.05, 0) is 56.5 Å². The van der Waals surface area contributed by atoms with Gasteiger partial charge in [0.25, 0.3) is 5.91 Å². The van der Waals surface area contributed by atoms with Gasteiger partial charge in [0.2, 0.25) is 5.91 Å². The minimum atomic E-state index is -0.112. The molecule has 0 atom stereocenters. The molecule has 0 saturated carbocycles. The summed E-state index contributed by atoms with van der Waals surface area (Å²) in [6, 6.07) is 8.99. The van der Waals surface area contributed by atoms with Crippen LogP contribution in [0, 0.1) is 25.2 Å². The first-order valence-electron chi connectivity index (χ1n) is 9.54. The first kappa shape index (κ1) is 21.2. The van der Waals surface area contributed by atoms with Gasteiger partial charge in [-0.3, -0.25) is 14.3 Å². The van der Waals surface area contributed by atoms with E-state index >= 15 is 0 Å². The Morgan fingerprint density at radius 2 is 1.93 bits per heavy atom. The Hall–Kier alpha value is -3.14. The molecule has 0 fully saturated rings. The molecule has 0 aliphatic carbocycles. The van der Waals surface area contributed by atoms with Crippen LogP contribution in [0.4, 0.5) is 5.69 Å². The molecule has 2 amide bonds. The lowest BCUT2D eigenvalue weighted by Gasteiger charge is -2.08. The minimum Gasteiger partial charge on any atom is -0.352 e. The lowest BCUT2D eigenvalue weighted by atomic mass is 10.1. The van der Waals surface area contributed by atoms with Crippen LogP contribution in [0.2, 0.25) is 0 Å². The van der Waals surface area contributed by atoms with E-state index in [9.17, 15) is 9.59 Å². The van der Waals surface area contributed by atoms with Crippen molar-refractivity contribution in [3.63, 3.8) is 0 Å². The van der Waals surface area contributed by atoms with Gasteiger partial charge in [-0.15, -0.1) is 0 Å². The maximum atomic E-state index is 12.3.